The van der Waals surface area contributed by atoms with Crippen LogP contribution in [0.5, 0.6) is 0 Å². The lowest BCUT2D eigenvalue weighted by molar-refractivity contribution is -0.419. The molecule has 1 heterocycles. The zero-order valence-electron chi connectivity index (χ0n) is 11.0. The molecule has 0 amide bonds. The lowest BCUT2D eigenvalue weighted by Gasteiger charge is -2.03. The van der Waals surface area contributed by atoms with E-state index in [-0.39, 0.29) is 16.3 Å². The Morgan fingerprint density at radius 1 is 1.47 bits per heavy atom. The summed E-state index contributed by atoms with van der Waals surface area (Å²) in [7, 11) is 0. The molecule has 1 aliphatic carbocycles. The maximum absolute atomic E-state index is 11.3. The van der Waals surface area contributed by atoms with Crippen LogP contribution in [0.1, 0.15) is 29.5 Å². The van der Waals surface area contributed by atoms with Gasteiger partial charge in [0.2, 0.25) is 0 Å². The van der Waals surface area contributed by atoms with E-state index in [1.807, 2.05) is 32.1 Å². The van der Waals surface area contributed by atoms with Crippen molar-refractivity contribution in [3.63, 3.8) is 0 Å². The average Bonchev–Trinajstić information content (AvgIpc) is 2.70. The van der Waals surface area contributed by atoms with Crippen molar-refractivity contribution in [2.45, 2.75) is 26.7 Å². The molecule has 4 nitrogen and oxygen atoms in total. The van der Waals surface area contributed by atoms with Crippen molar-refractivity contribution in [2.24, 2.45) is 5.73 Å². The summed E-state index contributed by atoms with van der Waals surface area (Å²) >= 11 is 1.55. The van der Waals surface area contributed by atoms with E-state index >= 15 is 0 Å². The Labute approximate surface area is 116 Å². The number of nitrogens with zero attached hydrogens (tertiary/aromatic N) is 1. The molecule has 0 aromatic carbocycles. The van der Waals surface area contributed by atoms with Gasteiger partial charge in [0.05, 0.1) is 10.5 Å². The first-order valence-electron chi connectivity index (χ1n) is 6.13. The summed E-state index contributed by atoms with van der Waals surface area (Å²) in [6.45, 7) is 4.03. The van der Waals surface area contributed by atoms with Gasteiger partial charge in [0, 0.05) is 9.75 Å². The summed E-state index contributed by atoms with van der Waals surface area (Å²) in [5, 5.41) is 11.3. The second kappa shape index (κ2) is 5.40. The van der Waals surface area contributed by atoms with Gasteiger partial charge in [0.25, 0.3) is 5.70 Å². The highest BCUT2D eigenvalue weighted by atomic mass is 32.1. The summed E-state index contributed by atoms with van der Waals surface area (Å²) in [5.74, 6) is 0. The number of allylic oxidation sites excluding steroid dienone is 4. The van der Waals surface area contributed by atoms with Crippen molar-refractivity contribution in [3.05, 3.63) is 61.1 Å². The number of thiophene rings is 1. The van der Waals surface area contributed by atoms with E-state index in [9.17, 15) is 10.1 Å². The number of aryl methyl sites for hydroxylation is 1. The maximum Gasteiger partial charge on any atom is 0.300 e. The molecule has 0 unspecified atom stereocenters. The second-order valence-electron chi connectivity index (χ2n) is 4.45. The van der Waals surface area contributed by atoms with Gasteiger partial charge in [-0.15, -0.1) is 11.3 Å². The molecule has 0 saturated carbocycles. The SMILES string of the molecule is CCC1=CC(c2ccc(C)s2)=C([N+](=O)[O-])C(N)=CC1. The Kier molecular flexibility index (Phi) is 3.85. The maximum atomic E-state index is 11.3. The van der Waals surface area contributed by atoms with Gasteiger partial charge in [0.1, 0.15) is 5.70 Å². The standard InChI is InChI=1S/C14H16N2O2S/c1-3-10-5-6-12(15)14(16(17)18)11(8-10)13-7-4-9(2)19-13/h4,6-8H,3,5,15H2,1-2H3. The summed E-state index contributed by atoms with van der Waals surface area (Å²) in [4.78, 5) is 12.9. The van der Waals surface area contributed by atoms with Crippen molar-refractivity contribution in [3.8, 4) is 0 Å². The van der Waals surface area contributed by atoms with Crippen LogP contribution in [0, 0.1) is 17.0 Å². The summed E-state index contributed by atoms with van der Waals surface area (Å²) in [6, 6.07) is 3.88. The van der Waals surface area contributed by atoms with Gasteiger partial charge in [-0.3, -0.25) is 10.1 Å². The normalized spacial score (nSPS) is 15.9. The van der Waals surface area contributed by atoms with Crippen LogP contribution < -0.4 is 5.73 Å². The van der Waals surface area contributed by atoms with Gasteiger partial charge in [-0.25, -0.2) is 0 Å². The Hall–Kier alpha value is -1.88. The highest BCUT2D eigenvalue weighted by Gasteiger charge is 2.24. The highest BCUT2D eigenvalue weighted by Crippen LogP contribution is 2.33. The number of hydrogen-bond acceptors (Lipinski definition) is 4. The minimum Gasteiger partial charge on any atom is -0.393 e. The molecule has 1 aromatic rings. The van der Waals surface area contributed by atoms with Gasteiger partial charge in [0.15, 0.2) is 0 Å². The van der Waals surface area contributed by atoms with Crippen LogP contribution in [-0.2, 0) is 0 Å². The summed E-state index contributed by atoms with van der Waals surface area (Å²) in [6.07, 6.45) is 5.19. The minimum absolute atomic E-state index is 0.0188. The van der Waals surface area contributed by atoms with Crippen molar-refractivity contribution >= 4 is 16.9 Å². The molecule has 5 heteroatoms. The van der Waals surface area contributed by atoms with Crippen LogP contribution in [-0.4, -0.2) is 4.92 Å². The molecule has 0 saturated heterocycles. The molecule has 2 rings (SSSR count). The van der Waals surface area contributed by atoms with Crippen molar-refractivity contribution < 1.29 is 4.92 Å². The lowest BCUT2D eigenvalue weighted by Crippen LogP contribution is -2.10. The predicted molar refractivity (Wildman–Crippen MR) is 78.2 cm³/mol. The topological polar surface area (TPSA) is 69.2 Å². The number of nitrogens with two attached hydrogens (primary N) is 1. The van der Waals surface area contributed by atoms with Crippen molar-refractivity contribution in [1.29, 1.82) is 0 Å². The molecule has 19 heavy (non-hydrogen) atoms. The van der Waals surface area contributed by atoms with E-state index in [2.05, 4.69) is 0 Å². The fourth-order valence-electron chi connectivity index (χ4n) is 2.04. The fraction of sp³-hybridized carbons (Fsp3) is 0.286. The van der Waals surface area contributed by atoms with Gasteiger partial charge in [-0.2, -0.15) is 0 Å². The number of rotatable bonds is 3. The Morgan fingerprint density at radius 2 is 2.21 bits per heavy atom. The quantitative estimate of drug-likeness (QED) is 0.677. The monoisotopic (exact) mass is 276 g/mol. The third-order valence-electron chi connectivity index (χ3n) is 3.10. The molecule has 1 aliphatic rings. The van der Waals surface area contributed by atoms with E-state index in [0.29, 0.717) is 12.0 Å². The molecule has 2 N–H and O–H groups in total. The van der Waals surface area contributed by atoms with Crippen LogP contribution >= 0.6 is 11.3 Å². The molecule has 0 bridgehead atoms. The van der Waals surface area contributed by atoms with Gasteiger partial charge in [-0.05, 0) is 38.0 Å². The smallest absolute Gasteiger partial charge is 0.300 e. The molecule has 0 atom stereocenters. The number of hydrogen-bond donors (Lipinski definition) is 1. The average molecular weight is 276 g/mol. The minimum atomic E-state index is -0.384. The molecular formula is C14H16N2O2S. The zero-order valence-corrected chi connectivity index (χ0v) is 11.8. The van der Waals surface area contributed by atoms with Crippen LogP contribution in [0.2, 0.25) is 0 Å². The first-order valence-corrected chi connectivity index (χ1v) is 6.95. The van der Waals surface area contributed by atoms with E-state index in [1.54, 1.807) is 17.4 Å². The van der Waals surface area contributed by atoms with E-state index in [4.69, 9.17) is 5.73 Å². The number of nitro groups is 1. The van der Waals surface area contributed by atoms with Crippen LogP contribution in [0.25, 0.3) is 5.57 Å². The van der Waals surface area contributed by atoms with Gasteiger partial charge < -0.3 is 5.73 Å². The fourth-order valence-corrected chi connectivity index (χ4v) is 2.93. The lowest BCUT2D eigenvalue weighted by atomic mass is 10.1. The van der Waals surface area contributed by atoms with Gasteiger partial charge >= 0.3 is 0 Å². The molecule has 0 radical (unpaired) electrons. The highest BCUT2D eigenvalue weighted by molar-refractivity contribution is 7.13. The third kappa shape index (κ3) is 2.76. The largest absolute Gasteiger partial charge is 0.393 e. The first-order chi connectivity index (χ1) is 9.02. The van der Waals surface area contributed by atoms with E-state index in [0.717, 1.165) is 21.7 Å². The van der Waals surface area contributed by atoms with Gasteiger partial charge in [-0.1, -0.05) is 18.6 Å². The summed E-state index contributed by atoms with van der Waals surface area (Å²) in [5.41, 5.74) is 7.92. The molecule has 100 valence electrons. The third-order valence-corrected chi connectivity index (χ3v) is 4.14. The van der Waals surface area contributed by atoms with Crippen LogP contribution in [0.15, 0.2) is 41.3 Å². The van der Waals surface area contributed by atoms with Crippen LogP contribution in [0.4, 0.5) is 0 Å². The second-order valence-corrected chi connectivity index (χ2v) is 5.74. The zero-order chi connectivity index (χ0) is 14.0. The first kappa shape index (κ1) is 13.5. The van der Waals surface area contributed by atoms with Crippen molar-refractivity contribution in [1.82, 2.24) is 0 Å². The summed E-state index contributed by atoms with van der Waals surface area (Å²) < 4.78 is 0. The van der Waals surface area contributed by atoms with Crippen LogP contribution in [0.3, 0.4) is 0 Å². The Morgan fingerprint density at radius 3 is 2.74 bits per heavy atom. The van der Waals surface area contributed by atoms with E-state index < -0.39 is 0 Å². The molecule has 0 fully saturated rings. The predicted octanol–water partition coefficient (Wildman–Crippen LogP) is 3.63. The molecule has 0 aliphatic heterocycles. The molecular weight excluding hydrogens is 260 g/mol. The molecule has 1 aromatic heterocycles. The Balaban J connectivity index is 2.67. The molecule has 0 spiro atoms. The van der Waals surface area contributed by atoms with E-state index in [1.165, 1.54) is 0 Å². The Bertz CT molecular complexity index is 609. The van der Waals surface area contributed by atoms with Crippen molar-refractivity contribution in [2.75, 3.05) is 0 Å².